The van der Waals surface area contributed by atoms with Gasteiger partial charge in [-0.15, -0.1) is 0 Å². The van der Waals surface area contributed by atoms with Gasteiger partial charge in [0.15, 0.2) is 5.11 Å². The fourth-order valence-electron chi connectivity index (χ4n) is 1.25. The zero-order chi connectivity index (χ0) is 11.7. The van der Waals surface area contributed by atoms with Crippen molar-refractivity contribution in [3.8, 4) is 0 Å². The summed E-state index contributed by atoms with van der Waals surface area (Å²) in [5.74, 6) is -0.254. The summed E-state index contributed by atoms with van der Waals surface area (Å²) < 4.78 is 0. The molecule has 2 rings (SSSR count). The van der Waals surface area contributed by atoms with Crippen molar-refractivity contribution in [3.63, 3.8) is 0 Å². The van der Waals surface area contributed by atoms with Gasteiger partial charge in [0.05, 0.1) is 10.0 Å². The molecule has 2 N–H and O–H groups in total. The van der Waals surface area contributed by atoms with E-state index in [1.807, 2.05) is 0 Å². The van der Waals surface area contributed by atoms with Gasteiger partial charge in [0, 0.05) is 0 Å². The number of benzene rings is 1. The molecule has 1 amide bonds. The second kappa shape index (κ2) is 4.41. The fourth-order valence-corrected chi connectivity index (χ4v) is 1.76. The van der Waals surface area contributed by atoms with Crippen molar-refractivity contribution in [2.24, 2.45) is 0 Å². The summed E-state index contributed by atoms with van der Waals surface area (Å²) in [6.45, 7) is 0. The molecule has 0 aliphatic carbocycles. The lowest BCUT2D eigenvalue weighted by Crippen LogP contribution is -2.21. The van der Waals surface area contributed by atoms with Crippen LogP contribution in [0.4, 0.5) is 0 Å². The monoisotopic (exact) mass is 272 g/mol. The highest BCUT2D eigenvalue weighted by molar-refractivity contribution is 7.80. The van der Waals surface area contributed by atoms with E-state index in [0.29, 0.717) is 20.9 Å². The predicted molar refractivity (Wildman–Crippen MR) is 68.3 cm³/mol. The molecule has 3 nitrogen and oxygen atoms in total. The molecule has 1 aliphatic heterocycles. The van der Waals surface area contributed by atoms with Crippen molar-refractivity contribution in [2.75, 3.05) is 0 Å². The van der Waals surface area contributed by atoms with Crippen molar-refractivity contribution < 1.29 is 4.79 Å². The topological polar surface area (TPSA) is 41.1 Å². The van der Waals surface area contributed by atoms with Gasteiger partial charge in [-0.3, -0.25) is 10.1 Å². The molecule has 0 aromatic heterocycles. The Labute approximate surface area is 107 Å². The van der Waals surface area contributed by atoms with Crippen LogP contribution >= 0.6 is 35.4 Å². The number of hydrogen-bond acceptors (Lipinski definition) is 2. The minimum absolute atomic E-state index is 0.254. The van der Waals surface area contributed by atoms with Crippen LogP contribution in [0.25, 0.3) is 6.08 Å². The SMILES string of the molecule is O=C1NC(=S)NC1=Cc1ccc(Cl)c(Cl)c1. The molecule has 1 fully saturated rings. The number of carbonyl (C=O) groups excluding carboxylic acids is 1. The van der Waals surface area contributed by atoms with Gasteiger partial charge >= 0.3 is 0 Å². The van der Waals surface area contributed by atoms with Gasteiger partial charge in [-0.1, -0.05) is 29.3 Å². The molecule has 0 atom stereocenters. The number of thiocarbonyl (C=S) groups is 1. The van der Waals surface area contributed by atoms with E-state index in [0.717, 1.165) is 5.56 Å². The molecule has 0 saturated carbocycles. The Kier molecular flexibility index (Phi) is 3.14. The van der Waals surface area contributed by atoms with Gasteiger partial charge in [-0.25, -0.2) is 0 Å². The van der Waals surface area contributed by atoms with E-state index in [-0.39, 0.29) is 5.91 Å². The Morgan fingerprint density at radius 2 is 1.94 bits per heavy atom. The third-order valence-electron chi connectivity index (χ3n) is 1.97. The Hall–Kier alpha value is -1.10. The van der Waals surface area contributed by atoms with Crippen molar-refractivity contribution in [3.05, 3.63) is 39.5 Å². The molecule has 6 heteroatoms. The first-order chi connectivity index (χ1) is 7.56. The van der Waals surface area contributed by atoms with Crippen LogP contribution in [-0.2, 0) is 4.79 Å². The van der Waals surface area contributed by atoms with E-state index in [1.54, 1.807) is 24.3 Å². The van der Waals surface area contributed by atoms with Crippen LogP contribution in [0.15, 0.2) is 23.9 Å². The maximum Gasteiger partial charge on any atom is 0.273 e. The maximum atomic E-state index is 11.4. The number of amides is 1. The highest BCUT2D eigenvalue weighted by Crippen LogP contribution is 2.23. The van der Waals surface area contributed by atoms with Gasteiger partial charge in [-0.2, -0.15) is 0 Å². The van der Waals surface area contributed by atoms with E-state index < -0.39 is 0 Å². The normalized spacial score (nSPS) is 17.5. The minimum atomic E-state index is -0.254. The Morgan fingerprint density at radius 1 is 1.19 bits per heavy atom. The number of nitrogens with one attached hydrogen (secondary N) is 2. The zero-order valence-corrected chi connectivity index (χ0v) is 10.2. The number of hydrogen-bond donors (Lipinski definition) is 2. The highest BCUT2D eigenvalue weighted by Gasteiger charge is 2.19. The Morgan fingerprint density at radius 3 is 2.50 bits per heavy atom. The summed E-state index contributed by atoms with van der Waals surface area (Å²) in [6.07, 6.45) is 1.65. The molecule has 16 heavy (non-hydrogen) atoms. The zero-order valence-electron chi connectivity index (χ0n) is 7.88. The first-order valence-electron chi connectivity index (χ1n) is 4.35. The Balaban J connectivity index is 2.32. The number of carbonyl (C=O) groups is 1. The molecule has 0 unspecified atom stereocenters. The summed E-state index contributed by atoms with van der Waals surface area (Å²) in [5, 5.41) is 6.43. The average Bonchev–Trinajstić information content (AvgIpc) is 2.51. The smallest absolute Gasteiger partial charge is 0.273 e. The molecular formula is C10H6Cl2N2OS. The van der Waals surface area contributed by atoms with Crippen LogP contribution in [0.1, 0.15) is 5.56 Å². The van der Waals surface area contributed by atoms with E-state index >= 15 is 0 Å². The fraction of sp³-hybridized carbons (Fsp3) is 0. The van der Waals surface area contributed by atoms with Gasteiger partial charge in [-0.05, 0) is 36.0 Å². The van der Waals surface area contributed by atoms with Crippen LogP contribution in [0.5, 0.6) is 0 Å². The van der Waals surface area contributed by atoms with Crippen molar-refractivity contribution in [1.29, 1.82) is 0 Å². The third kappa shape index (κ3) is 2.35. The van der Waals surface area contributed by atoms with Crippen LogP contribution < -0.4 is 10.6 Å². The molecule has 82 valence electrons. The van der Waals surface area contributed by atoms with Gasteiger partial charge in [0.2, 0.25) is 0 Å². The van der Waals surface area contributed by atoms with E-state index in [9.17, 15) is 4.79 Å². The van der Waals surface area contributed by atoms with Crippen molar-refractivity contribution in [2.45, 2.75) is 0 Å². The van der Waals surface area contributed by atoms with E-state index in [1.165, 1.54) is 0 Å². The van der Waals surface area contributed by atoms with Crippen LogP contribution in [0.2, 0.25) is 10.0 Å². The Bertz CT molecular complexity index is 514. The van der Waals surface area contributed by atoms with Gasteiger partial charge < -0.3 is 5.32 Å². The lowest BCUT2D eigenvalue weighted by molar-refractivity contribution is -0.115. The second-order valence-corrected chi connectivity index (χ2v) is 4.36. The molecule has 1 aromatic carbocycles. The van der Waals surface area contributed by atoms with E-state index in [4.69, 9.17) is 35.4 Å². The van der Waals surface area contributed by atoms with Gasteiger partial charge in [0.1, 0.15) is 5.70 Å². The summed E-state index contributed by atoms with van der Waals surface area (Å²) in [6, 6.07) is 5.10. The molecule has 1 aromatic rings. The first kappa shape index (κ1) is 11.4. The minimum Gasteiger partial charge on any atom is -0.328 e. The summed E-state index contributed by atoms with van der Waals surface area (Å²) in [5.41, 5.74) is 1.17. The van der Waals surface area contributed by atoms with E-state index in [2.05, 4.69) is 10.6 Å². The van der Waals surface area contributed by atoms with Crippen LogP contribution in [0, 0.1) is 0 Å². The van der Waals surface area contributed by atoms with Crippen molar-refractivity contribution in [1.82, 2.24) is 10.6 Å². The maximum absolute atomic E-state index is 11.4. The molecule has 1 heterocycles. The highest BCUT2D eigenvalue weighted by atomic mass is 35.5. The predicted octanol–water partition coefficient (Wildman–Crippen LogP) is 2.34. The summed E-state index contributed by atoms with van der Waals surface area (Å²) in [7, 11) is 0. The number of rotatable bonds is 1. The molecule has 1 saturated heterocycles. The second-order valence-electron chi connectivity index (χ2n) is 3.14. The molecular weight excluding hydrogens is 267 g/mol. The van der Waals surface area contributed by atoms with Crippen LogP contribution in [0.3, 0.4) is 0 Å². The van der Waals surface area contributed by atoms with Crippen molar-refractivity contribution >= 4 is 52.5 Å². The molecule has 0 bridgehead atoms. The third-order valence-corrected chi connectivity index (χ3v) is 2.92. The largest absolute Gasteiger partial charge is 0.328 e. The first-order valence-corrected chi connectivity index (χ1v) is 5.52. The summed E-state index contributed by atoms with van der Waals surface area (Å²) in [4.78, 5) is 11.4. The molecule has 1 aliphatic rings. The summed E-state index contributed by atoms with van der Waals surface area (Å²) >= 11 is 16.4. The number of halogens is 2. The van der Waals surface area contributed by atoms with Gasteiger partial charge in [0.25, 0.3) is 5.91 Å². The molecule has 0 radical (unpaired) electrons. The molecule has 0 spiro atoms. The average molecular weight is 273 g/mol. The lowest BCUT2D eigenvalue weighted by Gasteiger charge is -1.99. The lowest BCUT2D eigenvalue weighted by atomic mass is 10.2. The quantitative estimate of drug-likeness (QED) is 0.609. The van der Waals surface area contributed by atoms with Crippen LogP contribution in [-0.4, -0.2) is 11.0 Å². The standard InChI is InChI=1S/C10H6Cl2N2OS/c11-6-2-1-5(3-7(6)12)4-8-9(15)14-10(16)13-8/h1-4H,(H2,13,14,15,16).